The summed E-state index contributed by atoms with van der Waals surface area (Å²) in [5.41, 5.74) is 2.91. The van der Waals surface area contributed by atoms with Crippen molar-refractivity contribution >= 4 is 50.7 Å². The number of amides is 2. The average Bonchev–Trinajstić information content (AvgIpc) is 2.97. The van der Waals surface area contributed by atoms with Crippen LogP contribution in [0.3, 0.4) is 0 Å². The third kappa shape index (κ3) is 7.65. The first-order valence-electron chi connectivity index (χ1n) is 14.2. The molecule has 1 aliphatic carbocycles. The second-order valence-corrected chi connectivity index (χ2v) is 13.6. The second-order valence-electron chi connectivity index (χ2n) is 10.9. The number of rotatable bonds is 10. The van der Waals surface area contributed by atoms with E-state index in [4.69, 9.17) is 23.2 Å². The fraction of sp³-hybridized carbons (Fsp3) is 0.375. The lowest BCUT2D eigenvalue weighted by Gasteiger charge is -2.33. The highest BCUT2D eigenvalue weighted by atomic mass is 35.5. The number of carbonyl (C=O) groups excluding carboxylic acids is 2. The molecule has 10 heteroatoms. The van der Waals surface area contributed by atoms with E-state index in [0.29, 0.717) is 0 Å². The summed E-state index contributed by atoms with van der Waals surface area (Å²) in [4.78, 5) is 29.1. The molecule has 0 aliphatic heterocycles. The monoisotopic (exact) mass is 629 g/mol. The van der Waals surface area contributed by atoms with Gasteiger partial charge >= 0.3 is 0 Å². The van der Waals surface area contributed by atoms with E-state index in [1.54, 1.807) is 19.1 Å². The Morgan fingerprint density at radius 2 is 1.60 bits per heavy atom. The summed E-state index contributed by atoms with van der Waals surface area (Å²) in [6.07, 6.45) is 5.08. The van der Waals surface area contributed by atoms with Crippen molar-refractivity contribution in [1.29, 1.82) is 0 Å². The number of nitrogens with zero attached hydrogens (tertiary/aromatic N) is 2. The molecule has 0 bridgehead atoms. The summed E-state index contributed by atoms with van der Waals surface area (Å²) in [5, 5.41) is 3.53. The van der Waals surface area contributed by atoms with Gasteiger partial charge < -0.3 is 10.2 Å². The molecule has 1 fully saturated rings. The minimum atomic E-state index is -4.20. The first-order valence-corrected chi connectivity index (χ1v) is 16.4. The van der Waals surface area contributed by atoms with E-state index in [2.05, 4.69) is 5.32 Å². The van der Waals surface area contributed by atoms with Gasteiger partial charge in [0.15, 0.2) is 0 Å². The van der Waals surface area contributed by atoms with Gasteiger partial charge in [0.1, 0.15) is 12.6 Å². The highest BCUT2D eigenvalue weighted by molar-refractivity contribution is 7.92. The van der Waals surface area contributed by atoms with Gasteiger partial charge in [-0.05, 0) is 75.1 Å². The predicted molar refractivity (Wildman–Crippen MR) is 168 cm³/mol. The Labute approximate surface area is 258 Å². The van der Waals surface area contributed by atoms with Crippen molar-refractivity contribution in [2.45, 2.75) is 76.4 Å². The first kappa shape index (κ1) is 31.9. The van der Waals surface area contributed by atoms with E-state index < -0.39 is 28.5 Å². The van der Waals surface area contributed by atoms with Gasteiger partial charge in [-0.2, -0.15) is 0 Å². The topological polar surface area (TPSA) is 86.8 Å². The number of hydrogen-bond acceptors (Lipinski definition) is 4. The molecule has 1 aliphatic rings. The standard InChI is InChI=1S/C32H37Cl2N3O4S/c1-22-13-16-28(17-14-22)42(40,41)37(27-15-18-29(33)30(34)19-27)21-31(38)36(20-25-10-8-7-9-23(25)2)24(3)32(39)35-26-11-5-4-6-12-26/h7-10,13-19,24,26H,4-6,11-12,20-21H2,1-3H3,(H,35,39)/t24-/m0/s1. The number of sulfonamides is 1. The van der Waals surface area contributed by atoms with Crippen molar-refractivity contribution in [3.05, 3.63) is 93.5 Å². The maximum atomic E-state index is 14.1. The largest absolute Gasteiger partial charge is 0.352 e. The first-order chi connectivity index (χ1) is 20.0. The van der Waals surface area contributed by atoms with E-state index in [1.165, 1.54) is 35.2 Å². The van der Waals surface area contributed by atoms with Gasteiger partial charge in [0, 0.05) is 12.6 Å². The van der Waals surface area contributed by atoms with Crippen molar-refractivity contribution in [3.8, 4) is 0 Å². The van der Waals surface area contributed by atoms with Crippen LogP contribution < -0.4 is 9.62 Å². The van der Waals surface area contributed by atoms with Gasteiger partial charge in [0.05, 0.1) is 20.6 Å². The molecule has 1 atom stereocenters. The van der Waals surface area contributed by atoms with E-state index in [9.17, 15) is 18.0 Å². The predicted octanol–water partition coefficient (Wildman–Crippen LogP) is 6.67. The van der Waals surface area contributed by atoms with Crippen LogP contribution in [0.15, 0.2) is 71.6 Å². The maximum absolute atomic E-state index is 14.1. The van der Waals surface area contributed by atoms with Gasteiger partial charge in [0.25, 0.3) is 10.0 Å². The van der Waals surface area contributed by atoms with Gasteiger partial charge in [-0.3, -0.25) is 13.9 Å². The molecule has 0 unspecified atom stereocenters. The van der Waals surface area contributed by atoms with Gasteiger partial charge in [0.2, 0.25) is 11.8 Å². The highest BCUT2D eigenvalue weighted by Gasteiger charge is 2.33. The maximum Gasteiger partial charge on any atom is 0.264 e. The summed E-state index contributed by atoms with van der Waals surface area (Å²) in [7, 11) is -4.20. The summed E-state index contributed by atoms with van der Waals surface area (Å²) in [5.74, 6) is -0.780. The van der Waals surface area contributed by atoms with Gasteiger partial charge in [-0.1, -0.05) is 84.4 Å². The molecule has 4 rings (SSSR count). The molecular formula is C32H37Cl2N3O4S. The Kier molecular flexibility index (Phi) is 10.6. The molecule has 0 saturated heterocycles. The zero-order valence-corrected chi connectivity index (χ0v) is 26.5. The lowest BCUT2D eigenvalue weighted by atomic mass is 9.95. The third-order valence-corrected chi connectivity index (χ3v) is 10.3. The molecule has 0 heterocycles. The molecule has 3 aromatic carbocycles. The minimum Gasteiger partial charge on any atom is -0.352 e. The molecule has 0 radical (unpaired) electrons. The van der Waals surface area contributed by atoms with Crippen LogP contribution in [0.5, 0.6) is 0 Å². The number of halogens is 2. The van der Waals surface area contributed by atoms with Crippen LogP contribution >= 0.6 is 23.2 Å². The smallest absolute Gasteiger partial charge is 0.264 e. The van der Waals surface area contributed by atoms with Crippen molar-refractivity contribution in [3.63, 3.8) is 0 Å². The van der Waals surface area contributed by atoms with Crippen LogP contribution in [0.25, 0.3) is 0 Å². The Balaban J connectivity index is 1.70. The van der Waals surface area contributed by atoms with Crippen LogP contribution in [0.1, 0.15) is 55.7 Å². The van der Waals surface area contributed by atoms with Crippen molar-refractivity contribution < 1.29 is 18.0 Å². The van der Waals surface area contributed by atoms with Gasteiger partial charge in [-0.15, -0.1) is 0 Å². The van der Waals surface area contributed by atoms with Crippen LogP contribution in [0.4, 0.5) is 5.69 Å². The Morgan fingerprint density at radius 1 is 0.929 bits per heavy atom. The average molecular weight is 631 g/mol. The third-order valence-electron chi connectivity index (χ3n) is 7.80. The fourth-order valence-electron chi connectivity index (χ4n) is 5.13. The number of benzene rings is 3. The summed E-state index contributed by atoms with van der Waals surface area (Å²) < 4.78 is 29.0. The van der Waals surface area contributed by atoms with Crippen LogP contribution in [0.2, 0.25) is 10.0 Å². The molecule has 3 aromatic rings. The quantitative estimate of drug-likeness (QED) is 0.271. The molecule has 224 valence electrons. The number of anilines is 1. The molecule has 2 amide bonds. The Hall–Kier alpha value is -3.07. The molecular weight excluding hydrogens is 593 g/mol. The van der Waals surface area contributed by atoms with Crippen LogP contribution in [0, 0.1) is 13.8 Å². The second kappa shape index (κ2) is 13.9. The number of carbonyl (C=O) groups is 2. The van der Waals surface area contributed by atoms with E-state index >= 15 is 0 Å². The normalized spacial score (nSPS) is 14.7. The molecule has 42 heavy (non-hydrogen) atoms. The fourth-order valence-corrected chi connectivity index (χ4v) is 6.83. The van der Waals surface area contributed by atoms with E-state index in [0.717, 1.165) is 53.1 Å². The van der Waals surface area contributed by atoms with E-state index in [1.807, 2.05) is 38.1 Å². The van der Waals surface area contributed by atoms with Crippen molar-refractivity contribution in [2.75, 3.05) is 10.8 Å². The lowest BCUT2D eigenvalue weighted by molar-refractivity contribution is -0.139. The SMILES string of the molecule is Cc1ccc(S(=O)(=O)N(CC(=O)N(Cc2ccccc2C)[C@@H](C)C(=O)NC2CCCCC2)c2ccc(Cl)c(Cl)c2)cc1. The van der Waals surface area contributed by atoms with Crippen molar-refractivity contribution in [2.24, 2.45) is 0 Å². The molecule has 0 spiro atoms. The highest BCUT2D eigenvalue weighted by Crippen LogP contribution is 2.31. The number of nitrogens with one attached hydrogen (secondary N) is 1. The Bertz CT molecular complexity index is 1520. The molecule has 1 N–H and O–H groups in total. The number of hydrogen-bond donors (Lipinski definition) is 1. The minimum absolute atomic E-state index is 0.0283. The molecule has 7 nitrogen and oxygen atoms in total. The summed E-state index contributed by atoms with van der Waals surface area (Å²) >= 11 is 12.4. The lowest BCUT2D eigenvalue weighted by Crippen LogP contribution is -2.53. The number of aryl methyl sites for hydroxylation is 2. The molecule has 0 aromatic heterocycles. The van der Waals surface area contributed by atoms with Crippen molar-refractivity contribution in [1.82, 2.24) is 10.2 Å². The van der Waals surface area contributed by atoms with Gasteiger partial charge in [-0.25, -0.2) is 8.42 Å². The van der Waals surface area contributed by atoms with E-state index in [-0.39, 0.29) is 39.1 Å². The molecule has 1 saturated carbocycles. The summed E-state index contributed by atoms with van der Waals surface area (Å²) in [6, 6.07) is 17.7. The summed E-state index contributed by atoms with van der Waals surface area (Å²) in [6.45, 7) is 5.09. The zero-order chi connectivity index (χ0) is 30.4. The van der Waals surface area contributed by atoms with Crippen LogP contribution in [-0.2, 0) is 26.2 Å². The van der Waals surface area contributed by atoms with Crippen LogP contribution in [-0.4, -0.2) is 43.8 Å². The Morgan fingerprint density at radius 3 is 2.24 bits per heavy atom. The zero-order valence-electron chi connectivity index (χ0n) is 24.1.